The van der Waals surface area contributed by atoms with Crippen molar-refractivity contribution in [2.45, 2.75) is 13.1 Å². The molecule has 0 aromatic carbocycles. The highest BCUT2D eigenvalue weighted by molar-refractivity contribution is 7.13. The van der Waals surface area contributed by atoms with Crippen molar-refractivity contribution in [1.82, 2.24) is 25.2 Å². The SMILES string of the molecule is NCc1cn(CC(=O)Nc2nncs2)nn1. The molecule has 9 heteroatoms. The molecule has 0 atom stereocenters. The van der Waals surface area contributed by atoms with E-state index >= 15 is 0 Å². The molecule has 0 spiro atoms. The number of nitrogens with two attached hydrogens (primary N) is 1. The number of aromatic nitrogens is 5. The van der Waals surface area contributed by atoms with E-state index in [1.54, 1.807) is 6.20 Å². The van der Waals surface area contributed by atoms with Gasteiger partial charge in [0.05, 0.1) is 11.9 Å². The van der Waals surface area contributed by atoms with Gasteiger partial charge in [0, 0.05) is 6.54 Å². The van der Waals surface area contributed by atoms with Crippen molar-refractivity contribution in [1.29, 1.82) is 0 Å². The molecule has 2 heterocycles. The molecule has 16 heavy (non-hydrogen) atoms. The van der Waals surface area contributed by atoms with Crippen molar-refractivity contribution in [3.8, 4) is 0 Å². The number of nitrogens with one attached hydrogen (secondary N) is 1. The van der Waals surface area contributed by atoms with Crippen molar-refractivity contribution in [2.24, 2.45) is 5.73 Å². The number of hydrogen-bond donors (Lipinski definition) is 2. The molecule has 0 saturated carbocycles. The van der Waals surface area contributed by atoms with E-state index in [-0.39, 0.29) is 12.5 Å². The molecule has 2 rings (SSSR count). The molecule has 0 aliphatic rings. The number of anilines is 1. The van der Waals surface area contributed by atoms with Gasteiger partial charge in [-0.2, -0.15) is 0 Å². The second kappa shape index (κ2) is 4.77. The third-order valence-corrected chi connectivity index (χ3v) is 2.31. The zero-order valence-corrected chi connectivity index (χ0v) is 9.02. The highest BCUT2D eigenvalue weighted by atomic mass is 32.1. The van der Waals surface area contributed by atoms with Gasteiger partial charge in [-0.1, -0.05) is 16.6 Å². The standard InChI is InChI=1S/C7H9N7OS/c8-1-5-2-14(13-11-5)3-6(15)10-7-12-9-4-16-7/h2,4H,1,3,8H2,(H,10,12,15). The van der Waals surface area contributed by atoms with Crippen molar-refractivity contribution in [3.63, 3.8) is 0 Å². The minimum Gasteiger partial charge on any atom is -0.325 e. The van der Waals surface area contributed by atoms with Gasteiger partial charge in [-0.15, -0.1) is 15.3 Å². The van der Waals surface area contributed by atoms with Crippen LogP contribution < -0.4 is 11.1 Å². The lowest BCUT2D eigenvalue weighted by Crippen LogP contribution is -2.19. The number of carbonyl (C=O) groups excluding carboxylic acids is 1. The van der Waals surface area contributed by atoms with Gasteiger partial charge in [-0.05, 0) is 0 Å². The first-order chi connectivity index (χ1) is 7.78. The fourth-order valence-corrected chi connectivity index (χ4v) is 1.50. The normalized spacial score (nSPS) is 10.3. The molecular formula is C7H9N7OS. The van der Waals surface area contributed by atoms with E-state index in [1.165, 1.54) is 21.5 Å². The fourth-order valence-electron chi connectivity index (χ4n) is 1.04. The molecule has 0 aliphatic heterocycles. The minimum atomic E-state index is -0.231. The molecule has 0 unspecified atom stereocenters. The minimum absolute atomic E-state index is 0.0760. The third-order valence-electron chi connectivity index (χ3n) is 1.71. The Hall–Kier alpha value is -1.87. The summed E-state index contributed by atoms with van der Waals surface area (Å²) in [6.45, 7) is 0.380. The summed E-state index contributed by atoms with van der Waals surface area (Å²) in [6, 6.07) is 0. The molecule has 2 aromatic rings. The first-order valence-electron chi connectivity index (χ1n) is 4.43. The van der Waals surface area contributed by atoms with Crippen LogP contribution in [-0.4, -0.2) is 31.1 Å². The number of carbonyl (C=O) groups is 1. The average Bonchev–Trinajstić information content (AvgIpc) is 2.89. The Morgan fingerprint density at radius 3 is 3.06 bits per heavy atom. The van der Waals surface area contributed by atoms with Crippen LogP contribution in [0.4, 0.5) is 5.13 Å². The Bertz CT molecular complexity index is 465. The summed E-state index contributed by atoms with van der Waals surface area (Å²) in [6.07, 6.45) is 1.62. The quantitative estimate of drug-likeness (QED) is 0.724. The summed E-state index contributed by atoms with van der Waals surface area (Å²) in [7, 11) is 0. The van der Waals surface area contributed by atoms with Gasteiger partial charge in [0.2, 0.25) is 11.0 Å². The second-order valence-corrected chi connectivity index (χ2v) is 3.74. The van der Waals surface area contributed by atoms with Crippen LogP contribution >= 0.6 is 11.3 Å². The summed E-state index contributed by atoms with van der Waals surface area (Å²) >= 11 is 1.25. The first-order valence-corrected chi connectivity index (χ1v) is 5.31. The van der Waals surface area contributed by atoms with E-state index in [4.69, 9.17) is 5.73 Å². The Kier molecular flexibility index (Phi) is 3.17. The molecule has 84 valence electrons. The first kappa shape index (κ1) is 10.6. The molecule has 0 bridgehead atoms. The summed E-state index contributed by atoms with van der Waals surface area (Å²) in [5.41, 5.74) is 7.55. The Morgan fingerprint density at radius 2 is 2.44 bits per heavy atom. The molecule has 0 saturated heterocycles. The van der Waals surface area contributed by atoms with Crippen LogP contribution in [-0.2, 0) is 17.9 Å². The van der Waals surface area contributed by atoms with Crippen LogP contribution in [0.5, 0.6) is 0 Å². The largest absolute Gasteiger partial charge is 0.325 e. The number of rotatable bonds is 4. The molecule has 8 nitrogen and oxygen atoms in total. The molecule has 3 N–H and O–H groups in total. The maximum absolute atomic E-state index is 11.5. The molecule has 0 aliphatic carbocycles. The monoisotopic (exact) mass is 239 g/mol. The highest BCUT2D eigenvalue weighted by Crippen LogP contribution is 2.07. The Labute approximate surface area is 94.5 Å². The molecule has 0 radical (unpaired) electrons. The van der Waals surface area contributed by atoms with E-state index in [0.717, 1.165) is 0 Å². The van der Waals surface area contributed by atoms with Crippen LogP contribution in [0.1, 0.15) is 5.69 Å². The zero-order valence-electron chi connectivity index (χ0n) is 8.20. The average molecular weight is 239 g/mol. The zero-order chi connectivity index (χ0) is 11.4. The number of amides is 1. The molecule has 2 aromatic heterocycles. The topological polar surface area (TPSA) is 112 Å². The van der Waals surface area contributed by atoms with Crippen LogP contribution in [0.3, 0.4) is 0 Å². The van der Waals surface area contributed by atoms with Gasteiger partial charge in [0.1, 0.15) is 12.1 Å². The lowest BCUT2D eigenvalue weighted by Gasteiger charge is -1.99. The summed E-state index contributed by atoms with van der Waals surface area (Å²) in [5.74, 6) is -0.231. The predicted molar refractivity (Wildman–Crippen MR) is 56.5 cm³/mol. The van der Waals surface area contributed by atoms with Gasteiger partial charge in [0.25, 0.3) is 0 Å². The third kappa shape index (κ3) is 2.58. The second-order valence-electron chi connectivity index (χ2n) is 2.90. The van der Waals surface area contributed by atoms with Crippen LogP contribution in [0.2, 0.25) is 0 Å². The Balaban J connectivity index is 1.92. The van der Waals surface area contributed by atoms with Gasteiger partial charge in [-0.25, -0.2) is 4.68 Å². The maximum Gasteiger partial charge on any atom is 0.247 e. The van der Waals surface area contributed by atoms with Crippen LogP contribution in [0, 0.1) is 0 Å². The number of hydrogen-bond acceptors (Lipinski definition) is 7. The van der Waals surface area contributed by atoms with E-state index in [9.17, 15) is 4.79 Å². The fraction of sp³-hybridized carbons (Fsp3) is 0.286. The predicted octanol–water partition coefficient (Wildman–Crippen LogP) is -0.773. The van der Waals surface area contributed by atoms with E-state index < -0.39 is 0 Å². The summed E-state index contributed by atoms with van der Waals surface area (Å²) < 4.78 is 1.42. The van der Waals surface area contributed by atoms with Crippen molar-refractivity contribution in [2.75, 3.05) is 5.32 Å². The van der Waals surface area contributed by atoms with E-state index in [1.807, 2.05) is 0 Å². The lowest BCUT2D eigenvalue weighted by atomic mass is 10.5. The van der Waals surface area contributed by atoms with Gasteiger partial charge in [0.15, 0.2) is 0 Å². The van der Waals surface area contributed by atoms with Crippen molar-refractivity contribution >= 4 is 22.4 Å². The van der Waals surface area contributed by atoms with Gasteiger partial charge >= 0.3 is 0 Å². The number of nitrogens with zero attached hydrogens (tertiary/aromatic N) is 5. The van der Waals surface area contributed by atoms with Crippen molar-refractivity contribution < 1.29 is 4.79 Å². The van der Waals surface area contributed by atoms with E-state index in [0.29, 0.717) is 17.4 Å². The summed E-state index contributed by atoms with van der Waals surface area (Å²) in [5, 5.41) is 17.9. The molecule has 0 fully saturated rings. The van der Waals surface area contributed by atoms with Crippen LogP contribution in [0.15, 0.2) is 11.7 Å². The maximum atomic E-state index is 11.5. The van der Waals surface area contributed by atoms with Gasteiger partial charge in [-0.3, -0.25) is 10.1 Å². The van der Waals surface area contributed by atoms with Crippen LogP contribution in [0.25, 0.3) is 0 Å². The molecular weight excluding hydrogens is 230 g/mol. The smallest absolute Gasteiger partial charge is 0.247 e. The lowest BCUT2D eigenvalue weighted by molar-refractivity contribution is -0.116. The molecule has 1 amide bonds. The van der Waals surface area contributed by atoms with E-state index in [2.05, 4.69) is 25.8 Å². The van der Waals surface area contributed by atoms with Crippen molar-refractivity contribution in [3.05, 3.63) is 17.4 Å². The Morgan fingerprint density at radius 1 is 1.56 bits per heavy atom. The highest BCUT2D eigenvalue weighted by Gasteiger charge is 2.07. The summed E-state index contributed by atoms with van der Waals surface area (Å²) in [4.78, 5) is 11.5. The van der Waals surface area contributed by atoms with Gasteiger partial charge < -0.3 is 5.73 Å².